The second-order valence-electron chi connectivity index (χ2n) is 6.31. The lowest BCUT2D eigenvalue weighted by Gasteiger charge is -2.17. The molecule has 164 valence electrons. The fourth-order valence-corrected chi connectivity index (χ4v) is 4.88. The van der Waals surface area contributed by atoms with Gasteiger partial charge in [-0.3, -0.25) is 0 Å². The highest BCUT2D eigenvalue weighted by Crippen LogP contribution is 2.39. The van der Waals surface area contributed by atoms with Crippen LogP contribution >= 0.6 is 11.3 Å². The number of pyridine rings is 1. The summed E-state index contributed by atoms with van der Waals surface area (Å²) in [5.41, 5.74) is -1.13. The number of aromatic nitrogens is 2. The quantitative estimate of drug-likeness (QED) is 0.634. The molecule has 0 aliphatic heterocycles. The van der Waals surface area contributed by atoms with Crippen LogP contribution in [0.1, 0.15) is 33.9 Å². The molecule has 0 spiro atoms. The molecule has 0 aromatic carbocycles. The van der Waals surface area contributed by atoms with Crippen LogP contribution in [0.4, 0.5) is 36.8 Å². The molecular formula is C15H13F6N5O2S2. The molecular weight excluding hydrogens is 460 g/mol. The predicted molar refractivity (Wildman–Crippen MR) is 95.2 cm³/mol. The number of halogens is 6. The van der Waals surface area contributed by atoms with Crippen molar-refractivity contribution in [3.05, 3.63) is 33.7 Å². The number of aryl methyl sites for hydroxylation is 1. The van der Waals surface area contributed by atoms with Gasteiger partial charge >= 0.3 is 18.4 Å². The van der Waals surface area contributed by atoms with Gasteiger partial charge in [0.25, 0.3) is 0 Å². The lowest BCUT2D eigenvalue weighted by atomic mass is 10.1. The third-order valence-electron chi connectivity index (χ3n) is 4.20. The SMILES string of the molecule is Cc1c(C(F)(F)F)nc2c(c1NC(=O)N=[S@](N)(=O)c1cnc(C(F)(F)F)s1)CCC2. The predicted octanol–water partition coefficient (Wildman–Crippen LogP) is 4.31. The number of hydrogen-bond acceptors (Lipinski definition) is 5. The summed E-state index contributed by atoms with van der Waals surface area (Å²) in [5.74, 6) is 0. The van der Waals surface area contributed by atoms with Crippen molar-refractivity contribution in [1.29, 1.82) is 0 Å². The molecule has 0 radical (unpaired) electrons. The van der Waals surface area contributed by atoms with Crippen molar-refractivity contribution in [3.8, 4) is 0 Å². The number of fused-ring (bicyclic) bond motifs is 1. The highest BCUT2D eigenvalue weighted by molar-refractivity contribution is 7.93. The Labute approximate surface area is 170 Å². The number of carbonyl (C=O) groups excluding carboxylic acids is 1. The number of nitrogens with two attached hydrogens (primary N) is 1. The van der Waals surface area contributed by atoms with Crippen LogP contribution in [0.2, 0.25) is 0 Å². The maximum atomic E-state index is 13.3. The van der Waals surface area contributed by atoms with Crippen LogP contribution < -0.4 is 10.5 Å². The number of alkyl halides is 6. The van der Waals surface area contributed by atoms with Crippen molar-refractivity contribution in [1.82, 2.24) is 9.97 Å². The van der Waals surface area contributed by atoms with Crippen LogP contribution in [0.5, 0.6) is 0 Å². The van der Waals surface area contributed by atoms with E-state index in [0.29, 0.717) is 24.6 Å². The van der Waals surface area contributed by atoms with Gasteiger partial charge < -0.3 is 5.32 Å². The first-order valence-corrected chi connectivity index (χ1v) is 10.6. The number of anilines is 1. The van der Waals surface area contributed by atoms with Gasteiger partial charge in [-0.2, -0.15) is 26.3 Å². The zero-order valence-corrected chi connectivity index (χ0v) is 16.7. The van der Waals surface area contributed by atoms with Crippen LogP contribution in [0.25, 0.3) is 0 Å². The number of carbonyl (C=O) groups is 1. The Morgan fingerprint density at radius 1 is 1.23 bits per heavy atom. The summed E-state index contributed by atoms with van der Waals surface area (Å²) in [6, 6.07) is -1.36. The zero-order chi connectivity index (χ0) is 22.5. The fraction of sp³-hybridized carbons (Fsp3) is 0.400. The Morgan fingerprint density at radius 2 is 1.90 bits per heavy atom. The van der Waals surface area contributed by atoms with E-state index in [0.717, 1.165) is 6.92 Å². The van der Waals surface area contributed by atoms with Crippen LogP contribution in [-0.4, -0.2) is 20.2 Å². The molecule has 3 rings (SSSR count). The molecule has 1 aliphatic carbocycles. The molecule has 7 nitrogen and oxygen atoms in total. The van der Waals surface area contributed by atoms with E-state index in [1.165, 1.54) is 0 Å². The van der Waals surface area contributed by atoms with Crippen molar-refractivity contribution in [2.75, 3.05) is 5.32 Å². The van der Waals surface area contributed by atoms with Crippen molar-refractivity contribution in [2.24, 2.45) is 9.50 Å². The van der Waals surface area contributed by atoms with Gasteiger partial charge in [0.05, 0.1) is 11.9 Å². The number of thiazole rings is 1. The summed E-state index contributed by atoms with van der Waals surface area (Å²) in [6.07, 6.45) is -7.81. The van der Waals surface area contributed by atoms with Gasteiger partial charge in [0.1, 0.15) is 9.90 Å². The van der Waals surface area contributed by atoms with Gasteiger partial charge in [-0.1, -0.05) is 11.3 Å². The summed E-state index contributed by atoms with van der Waals surface area (Å²) < 4.78 is 92.8. The number of hydrogen-bond donors (Lipinski definition) is 2. The summed E-state index contributed by atoms with van der Waals surface area (Å²) in [6.45, 7) is 1.11. The molecule has 0 bridgehead atoms. The van der Waals surface area contributed by atoms with Crippen molar-refractivity contribution in [3.63, 3.8) is 0 Å². The van der Waals surface area contributed by atoms with E-state index in [1.54, 1.807) is 0 Å². The summed E-state index contributed by atoms with van der Waals surface area (Å²) in [7, 11) is -4.10. The van der Waals surface area contributed by atoms with Crippen LogP contribution in [0.3, 0.4) is 0 Å². The Morgan fingerprint density at radius 3 is 2.47 bits per heavy atom. The maximum Gasteiger partial charge on any atom is 0.443 e. The van der Waals surface area contributed by atoms with E-state index in [-0.39, 0.29) is 34.7 Å². The minimum Gasteiger partial charge on any atom is -0.305 e. The van der Waals surface area contributed by atoms with Gasteiger partial charge in [0, 0.05) is 11.3 Å². The van der Waals surface area contributed by atoms with Crippen LogP contribution in [0, 0.1) is 6.92 Å². The number of rotatable bonds is 2. The third-order valence-corrected chi connectivity index (χ3v) is 7.12. The van der Waals surface area contributed by atoms with Gasteiger partial charge in [-0.05, 0) is 31.7 Å². The lowest BCUT2D eigenvalue weighted by molar-refractivity contribution is -0.141. The minimum absolute atomic E-state index is 0.0450. The highest BCUT2D eigenvalue weighted by atomic mass is 32.2. The molecule has 0 saturated heterocycles. The first-order valence-electron chi connectivity index (χ1n) is 8.18. The third kappa shape index (κ3) is 4.41. The molecule has 0 fully saturated rings. The van der Waals surface area contributed by atoms with Gasteiger partial charge in [0.2, 0.25) is 0 Å². The van der Waals surface area contributed by atoms with Crippen LogP contribution in [0.15, 0.2) is 14.8 Å². The lowest BCUT2D eigenvalue weighted by Crippen LogP contribution is -2.20. The van der Waals surface area contributed by atoms with Crippen molar-refractivity contribution in [2.45, 2.75) is 42.7 Å². The van der Waals surface area contributed by atoms with Gasteiger partial charge in [0.15, 0.2) is 14.9 Å². The smallest absolute Gasteiger partial charge is 0.305 e. The summed E-state index contributed by atoms with van der Waals surface area (Å²) in [4.78, 5) is 18.9. The molecule has 15 heteroatoms. The van der Waals surface area contributed by atoms with Crippen LogP contribution in [-0.2, 0) is 35.1 Å². The Balaban J connectivity index is 1.97. The molecule has 0 unspecified atom stereocenters. The molecule has 2 aromatic rings. The topological polar surface area (TPSA) is 110 Å². The largest absolute Gasteiger partial charge is 0.443 e. The monoisotopic (exact) mass is 473 g/mol. The molecule has 2 amide bonds. The van der Waals surface area contributed by atoms with Gasteiger partial charge in [-0.15, -0.1) is 4.36 Å². The van der Waals surface area contributed by atoms with E-state index in [1.807, 2.05) is 0 Å². The second-order valence-corrected chi connectivity index (χ2v) is 9.36. The normalized spacial score (nSPS) is 16.1. The van der Waals surface area contributed by atoms with E-state index >= 15 is 0 Å². The molecule has 2 heterocycles. The number of amides is 2. The van der Waals surface area contributed by atoms with E-state index in [9.17, 15) is 35.3 Å². The van der Waals surface area contributed by atoms with E-state index < -0.39 is 43.2 Å². The van der Waals surface area contributed by atoms with E-state index in [4.69, 9.17) is 5.14 Å². The summed E-state index contributed by atoms with van der Waals surface area (Å²) in [5, 5.41) is 6.22. The summed E-state index contributed by atoms with van der Waals surface area (Å²) >= 11 is -0.0450. The fourth-order valence-electron chi connectivity index (χ4n) is 2.95. The Kier molecular flexibility index (Phi) is 5.57. The Hall–Kier alpha value is -2.26. The first-order chi connectivity index (χ1) is 13.7. The first kappa shape index (κ1) is 22.4. The number of urea groups is 1. The number of nitrogens with one attached hydrogen (secondary N) is 1. The molecule has 30 heavy (non-hydrogen) atoms. The average molecular weight is 473 g/mol. The standard InChI is InChI=1S/C15H13F6N5O2S2/c1-6-10(7-3-2-4-8(7)24-11(6)14(16,17)18)25-13(27)26-30(22,28)9-5-23-12(29-9)15(19,20)21/h5H,2-4H2,1H3,(H3,22,24,25,26,27,28)/t30-/m0/s1. The maximum absolute atomic E-state index is 13.3. The van der Waals surface area contributed by atoms with Crippen molar-refractivity contribution >= 4 is 33.0 Å². The molecule has 0 saturated carbocycles. The van der Waals surface area contributed by atoms with Crippen molar-refractivity contribution < 1.29 is 35.3 Å². The minimum atomic E-state index is -4.80. The molecule has 1 aliphatic rings. The second kappa shape index (κ2) is 7.46. The zero-order valence-electron chi connectivity index (χ0n) is 15.0. The average Bonchev–Trinajstić information content (AvgIpc) is 3.24. The van der Waals surface area contributed by atoms with E-state index in [2.05, 4.69) is 19.6 Å². The molecule has 3 N–H and O–H groups in total. The number of nitrogens with zero attached hydrogens (tertiary/aromatic N) is 3. The highest BCUT2D eigenvalue weighted by Gasteiger charge is 2.38. The molecule has 1 atom stereocenters. The van der Waals surface area contributed by atoms with Gasteiger partial charge in [-0.25, -0.2) is 24.1 Å². The Bertz CT molecular complexity index is 1130. The molecule has 2 aromatic heterocycles.